The largest absolute Gasteiger partial charge is 0.312 e. The van der Waals surface area contributed by atoms with E-state index in [0.717, 1.165) is 24.4 Å². The van der Waals surface area contributed by atoms with Crippen LogP contribution in [0.1, 0.15) is 17.0 Å². The van der Waals surface area contributed by atoms with Gasteiger partial charge < -0.3 is 5.32 Å². The fourth-order valence-corrected chi connectivity index (χ4v) is 1.54. The Morgan fingerprint density at radius 1 is 1.41 bits per heavy atom. The third-order valence-corrected chi connectivity index (χ3v) is 2.57. The highest BCUT2D eigenvalue weighted by Gasteiger charge is 1.99. The van der Waals surface area contributed by atoms with Crippen LogP contribution >= 0.6 is 0 Å². The Labute approximate surface area is 99.3 Å². The van der Waals surface area contributed by atoms with Gasteiger partial charge >= 0.3 is 0 Å². The number of aromatic nitrogens is 3. The summed E-state index contributed by atoms with van der Waals surface area (Å²) in [5.74, 6) is 0.701. The van der Waals surface area contributed by atoms with E-state index in [1.165, 1.54) is 6.33 Å². The first kappa shape index (κ1) is 11.7. The molecule has 2 aromatic rings. The van der Waals surface area contributed by atoms with Crippen LogP contribution in [0.15, 0.2) is 24.5 Å². The Morgan fingerprint density at radius 3 is 3.00 bits per heavy atom. The molecule has 0 saturated carbocycles. The first-order valence-corrected chi connectivity index (χ1v) is 5.55. The average Bonchev–Trinajstić information content (AvgIpc) is 2.82. The van der Waals surface area contributed by atoms with Crippen LogP contribution in [0.4, 0.5) is 4.39 Å². The van der Waals surface area contributed by atoms with Gasteiger partial charge in [-0.3, -0.25) is 5.10 Å². The van der Waals surface area contributed by atoms with Crippen molar-refractivity contribution in [3.63, 3.8) is 0 Å². The maximum absolute atomic E-state index is 13.3. The first-order chi connectivity index (χ1) is 8.25. The highest BCUT2D eigenvalue weighted by atomic mass is 19.1. The molecule has 0 fully saturated rings. The summed E-state index contributed by atoms with van der Waals surface area (Å²) in [6.07, 6.45) is 2.28. The summed E-state index contributed by atoms with van der Waals surface area (Å²) in [7, 11) is 0. The Bertz CT molecular complexity index is 467. The van der Waals surface area contributed by atoms with Gasteiger partial charge in [0, 0.05) is 19.5 Å². The number of hydrogen-bond acceptors (Lipinski definition) is 3. The van der Waals surface area contributed by atoms with E-state index in [9.17, 15) is 4.39 Å². The minimum Gasteiger partial charge on any atom is -0.312 e. The number of rotatable bonds is 5. The highest BCUT2D eigenvalue weighted by molar-refractivity contribution is 5.23. The van der Waals surface area contributed by atoms with Crippen molar-refractivity contribution in [1.82, 2.24) is 20.5 Å². The van der Waals surface area contributed by atoms with Crippen molar-refractivity contribution in [2.75, 3.05) is 6.54 Å². The molecule has 5 heteroatoms. The lowest BCUT2D eigenvalue weighted by Crippen LogP contribution is -2.17. The number of nitrogens with zero attached hydrogens (tertiary/aromatic N) is 2. The van der Waals surface area contributed by atoms with Crippen molar-refractivity contribution < 1.29 is 4.39 Å². The molecule has 0 aliphatic heterocycles. The monoisotopic (exact) mass is 234 g/mol. The molecule has 90 valence electrons. The van der Waals surface area contributed by atoms with Gasteiger partial charge in [-0.2, -0.15) is 5.10 Å². The number of aryl methyl sites for hydroxylation is 1. The van der Waals surface area contributed by atoms with E-state index in [1.807, 2.05) is 6.07 Å². The molecule has 4 nitrogen and oxygen atoms in total. The normalized spacial score (nSPS) is 10.7. The van der Waals surface area contributed by atoms with Crippen LogP contribution in [-0.4, -0.2) is 21.7 Å². The number of H-pyrrole nitrogens is 1. The summed E-state index contributed by atoms with van der Waals surface area (Å²) in [5, 5.41) is 9.79. The summed E-state index contributed by atoms with van der Waals surface area (Å²) in [6.45, 7) is 3.20. The Hall–Kier alpha value is -1.75. The lowest BCUT2D eigenvalue weighted by Gasteiger charge is -2.05. The van der Waals surface area contributed by atoms with E-state index >= 15 is 0 Å². The molecule has 1 heterocycles. The smallest absolute Gasteiger partial charge is 0.137 e. The maximum Gasteiger partial charge on any atom is 0.137 e. The number of nitrogens with one attached hydrogen (secondary N) is 2. The van der Waals surface area contributed by atoms with E-state index in [4.69, 9.17) is 0 Å². The maximum atomic E-state index is 13.3. The molecule has 0 unspecified atom stereocenters. The van der Waals surface area contributed by atoms with Crippen LogP contribution in [0.25, 0.3) is 0 Å². The summed E-state index contributed by atoms with van der Waals surface area (Å²) in [4.78, 5) is 4.02. The highest BCUT2D eigenvalue weighted by Crippen LogP contribution is 2.08. The molecule has 0 amide bonds. The molecule has 2 rings (SSSR count). The quantitative estimate of drug-likeness (QED) is 0.772. The van der Waals surface area contributed by atoms with Crippen LogP contribution in [0.5, 0.6) is 0 Å². The van der Waals surface area contributed by atoms with Crippen molar-refractivity contribution in [1.29, 1.82) is 0 Å². The van der Waals surface area contributed by atoms with E-state index in [1.54, 1.807) is 19.1 Å². The van der Waals surface area contributed by atoms with Gasteiger partial charge in [-0.05, 0) is 24.1 Å². The van der Waals surface area contributed by atoms with E-state index in [2.05, 4.69) is 20.5 Å². The minimum atomic E-state index is -0.153. The zero-order valence-corrected chi connectivity index (χ0v) is 9.70. The zero-order valence-electron chi connectivity index (χ0n) is 9.70. The Kier molecular flexibility index (Phi) is 3.82. The summed E-state index contributed by atoms with van der Waals surface area (Å²) in [5.41, 5.74) is 1.63. The Balaban J connectivity index is 1.76. The standard InChI is InChI=1S/C12H15FN4/c1-9-2-3-10(6-11(9)13)7-14-5-4-12-15-8-16-17-12/h2-3,6,8,14H,4-5,7H2,1H3,(H,15,16,17). The van der Waals surface area contributed by atoms with Gasteiger partial charge in [-0.25, -0.2) is 9.37 Å². The Morgan fingerprint density at radius 2 is 2.29 bits per heavy atom. The molecular weight excluding hydrogens is 219 g/mol. The topological polar surface area (TPSA) is 53.6 Å². The SMILES string of the molecule is Cc1ccc(CNCCc2ncn[nH]2)cc1F. The van der Waals surface area contributed by atoms with Gasteiger partial charge in [-0.1, -0.05) is 12.1 Å². The predicted octanol–water partition coefficient (Wildman–Crippen LogP) is 1.58. The number of halogens is 1. The van der Waals surface area contributed by atoms with E-state index in [-0.39, 0.29) is 5.82 Å². The van der Waals surface area contributed by atoms with Gasteiger partial charge in [0.1, 0.15) is 18.0 Å². The zero-order chi connectivity index (χ0) is 12.1. The second-order valence-corrected chi connectivity index (χ2v) is 3.94. The summed E-state index contributed by atoms with van der Waals surface area (Å²) >= 11 is 0. The fraction of sp³-hybridized carbons (Fsp3) is 0.333. The van der Waals surface area contributed by atoms with Crippen molar-refractivity contribution in [3.05, 3.63) is 47.3 Å². The van der Waals surface area contributed by atoms with Crippen LogP contribution in [0, 0.1) is 12.7 Å². The first-order valence-electron chi connectivity index (χ1n) is 5.55. The molecule has 1 aromatic carbocycles. The molecule has 0 aliphatic rings. The second kappa shape index (κ2) is 5.54. The van der Waals surface area contributed by atoms with E-state index < -0.39 is 0 Å². The molecule has 0 saturated heterocycles. The summed E-state index contributed by atoms with van der Waals surface area (Å²) < 4.78 is 13.3. The second-order valence-electron chi connectivity index (χ2n) is 3.94. The fourth-order valence-electron chi connectivity index (χ4n) is 1.54. The molecule has 1 aromatic heterocycles. The van der Waals surface area contributed by atoms with E-state index in [0.29, 0.717) is 12.1 Å². The minimum absolute atomic E-state index is 0.153. The van der Waals surface area contributed by atoms with Gasteiger partial charge in [0.15, 0.2) is 0 Å². The summed E-state index contributed by atoms with van der Waals surface area (Å²) in [6, 6.07) is 5.29. The third kappa shape index (κ3) is 3.35. The lowest BCUT2D eigenvalue weighted by atomic mass is 10.1. The number of hydrogen-bond donors (Lipinski definition) is 2. The van der Waals surface area contributed by atoms with Crippen molar-refractivity contribution in [3.8, 4) is 0 Å². The lowest BCUT2D eigenvalue weighted by molar-refractivity contribution is 0.610. The molecule has 0 spiro atoms. The van der Waals surface area contributed by atoms with Crippen molar-refractivity contribution in [2.24, 2.45) is 0 Å². The molecular formula is C12H15FN4. The van der Waals surface area contributed by atoms with Gasteiger partial charge in [0.25, 0.3) is 0 Å². The van der Waals surface area contributed by atoms with Crippen LogP contribution in [0.3, 0.4) is 0 Å². The average molecular weight is 234 g/mol. The van der Waals surface area contributed by atoms with Gasteiger partial charge in [0.05, 0.1) is 0 Å². The molecule has 0 aliphatic carbocycles. The number of benzene rings is 1. The molecule has 0 radical (unpaired) electrons. The molecule has 2 N–H and O–H groups in total. The predicted molar refractivity (Wildman–Crippen MR) is 62.9 cm³/mol. The number of aromatic amines is 1. The molecule has 17 heavy (non-hydrogen) atoms. The van der Waals surface area contributed by atoms with Gasteiger partial charge in [-0.15, -0.1) is 0 Å². The van der Waals surface area contributed by atoms with Crippen molar-refractivity contribution >= 4 is 0 Å². The van der Waals surface area contributed by atoms with Gasteiger partial charge in [0.2, 0.25) is 0 Å². The molecule has 0 atom stereocenters. The van der Waals surface area contributed by atoms with Crippen molar-refractivity contribution in [2.45, 2.75) is 19.9 Å². The van der Waals surface area contributed by atoms with Crippen LogP contribution in [0.2, 0.25) is 0 Å². The van der Waals surface area contributed by atoms with Crippen LogP contribution in [-0.2, 0) is 13.0 Å². The van der Waals surface area contributed by atoms with Crippen LogP contribution < -0.4 is 5.32 Å². The third-order valence-electron chi connectivity index (χ3n) is 2.57. The molecule has 0 bridgehead atoms.